The Hall–Kier alpha value is -1.30. The quantitative estimate of drug-likeness (QED) is 0.481. The van der Waals surface area contributed by atoms with Crippen LogP contribution in [0.25, 0.3) is 0 Å². The van der Waals surface area contributed by atoms with Crippen molar-refractivity contribution >= 4 is 0 Å². The summed E-state index contributed by atoms with van der Waals surface area (Å²) in [6, 6.07) is 2.23. The lowest BCUT2D eigenvalue weighted by Crippen LogP contribution is -2.53. The van der Waals surface area contributed by atoms with Crippen molar-refractivity contribution in [2.45, 2.75) is 105 Å². The smallest absolute Gasteiger partial charge is 0.102 e. The number of aromatic nitrogens is 2. The van der Waals surface area contributed by atoms with Gasteiger partial charge < -0.3 is 0 Å². The Bertz CT molecular complexity index is 851. The van der Waals surface area contributed by atoms with Crippen LogP contribution < -0.4 is 0 Å². The minimum atomic E-state index is 0.508. The molecule has 0 aromatic carbocycles. The molecule has 9 atom stereocenters. The molecule has 4 saturated carbocycles. The molecule has 0 spiro atoms. The molecular formula is C29H45N3. The van der Waals surface area contributed by atoms with Gasteiger partial charge in [-0.15, -0.1) is 0 Å². The third kappa shape index (κ3) is 3.56. The van der Waals surface area contributed by atoms with E-state index in [1.54, 1.807) is 6.20 Å². The number of fused-ring (bicyclic) bond motifs is 5. The van der Waals surface area contributed by atoms with Gasteiger partial charge >= 0.3 is 0 Å². The Kier molecular flexibility index (Phi) is 5.96. The van der Waals surface area contributed by atoms with Crippen LogP contribution >= 0.6 is 0 Å². The molecule has 4 aliphatic carbocycles. The van der Waals surface area contributed by atoms with E-state index in [1.807, 2.05) is 10.9 Å². The van der Waals surface area contributed by atoms with Crippen molar-refractivity contribution < 1.29 is 0 Å². The Morgan fingerprint density at radius 2 is 1.88 bits per heavy atom. The fraction of sp³-hybridized carbons (Fsp3) is 0.862. The van der Waals surface area contributed by atoms with Crippen LogP contribution in [0.2, 0.25) is 0 Å². The molecule has 0 N–H and O–H groups in total. The first-order valence-electron chi connectivity index (χ1n) is 13.8. The first kappa shape index (κ1) is 22.5. The van der Waals surface area contributed by atoms with Crippen LogP contribution in [0.1, 0.15) is 104 Å². The van der Waals surface area contributed by atoms with Crippen LogP contribution in [0.5, 0.6) is 0 Å². The van der Waals surface area contributed by atoms with E-state index in [9.17, 15) is 0 Å². The maximum absolute atomic E-state index is 9.14. The lowest BCUT2D eigenvalue weighted by molar-refractivity contribution is -0.121. The zero-order valence-electron chi connectivity index (χ0n) is 21.0. The summed E-state index contributed by atoms with van der Waals surface area (Å²) in [6.07, 6.45) is 19.8. The third-order valence-corrected chi connectivity index (χ3v) is 11.5. The first-order chi connectivity index (χ1) is 15.4. The zero-order chi connectivity index (χ0) is 22.5. The summed E-state index contributed by atoms with van der Waals surface area (Å²) in [5.41, 5.74) is 1.82. The average Bonchev–Trinajstić information content (AvgIpc) is 3.37. The predicted molar refractivity (Wildman–Crippen MR) is 130 cm³/mol. The van der Waals surface area contributed by atoms with E-state index in [2.05, 4.69) is 38.9 Å². The minimum Gasteiger partial charge on any atom is -0.271 e. The van der Waals surface area contributed by atoms with Crippen LogP contribution in [-0.2, 0) is 6.54 Å². The molecule has 3 heteroatoms. The van der Waals surface area contributed by atoms with Crippen molar-refractivity contribution in [3.8, 4) is 6.07 Å². The summed E-state index contributed by atoms with van der Waals surface area (Å²) in [7, 11) is 0. The molecule has 4 fully saturated rings. The van der Waals surface area contributed by atoms with Gasteiger partial charge in [-0.2, -0.15) is 10.4 Å². The van der Waals surface area contributed by atoms with E-state index in [4.69, 9.17) is 5.26 Å². The van der Waals surface area contributed by atoms with Gasteiger partial charge in [0, 0.05) is 12.7 Å². The third-order valence-electron chi connectivity index (χ3n) is 11.5. The summed E-state index contributed by atoms with van der Waals surface area (Å²) in [6.45, 7) is 11.2. The maximum Gasteiger partial charge on any atom is 0.102 e. The second-order valence-corrected chi connectivity index (χ2v) is 12.9. The first-order valence-corrected chi connectivity index (χ1v) is 13.8. The molecule has 3 nitrogen and oxygen atoms in total. The van der Waals surface area contributed by atoms with Gasteiger partial charge in [0.2, 0.25) is 0 Å². The maximum atomic E-state index is 9.14. The lowest BCUT2D eigenvalue weighted by Gasteiger charge is -2.61. The monoisotopic (exact) mass is 435 g/mol. The predicted octanol–water partition coefficient (Wildman–Crippen LogP) is 7.47. The molecule has 1 aromatic rings. The summed E-state index contributed by atoms with van der Waals surface area (Å²) in [5, 5.41) is 13.6. The van der Waals surface area contributed by atoms with Gasteiger partial charge in [-0.05, 0) is 110 Å². The Morgan fingerprint density at radius 1 is 1.09 bits per heavy atom. The van der Waals surface area contributed by atoms with Gasteiger partial charge in [0.25, 0.3) is 0 Å². The molecule has 0 saturated heterocycles. The van der Waals surface area contributed by atoms with Crippen molar-refractivity contribution in [2.75, 3.05) is 0 Å². The molecule has 5 rings (SSSR count). The molecule has 32 heavy (non-hydrogen) atoms. The van der Waals surface area contributed by atoms with Gasteiger partial charge in [-0.25, -0.2) is 0 Å². The Labute approximate surface area is 196 Å². The van der Waals surface area contributed by atoms with Crippen molar-refractivity contribution in [3.05, 3.63) is 18.0 Å². The van der Waals surface area contributed by atoms with Gasteiger partial charge in [0.1, 0.15) is 6.07 Å². The normalized spacial score (nSPS) is 44.2. The molecule has 4 aliphatic rings. The second kappa shape index (κ2) is 8.48. The summed E-state index contributed by atoms with van der Waals surface area (Å²) < 4.78 is 2.02. The van der Waals surface area contributed by atoms with Gasteiger partial charge in [-0.1, -0.05) is 40.5 Å². The van der Waals surface area contributed by atoms with Crippen LogP contribution in [0.4, 0.5) is 0 Å². The highest BCUT2D eigenvalue weighted by Crippen LogP contribution is 2.68. The largest absolute Gasteiger partial charge is 0.271 e. The SMILES string of the molecule is CCCC1CCC2(C)C(CCC3C2CCC2(C)C3CCC2[C@H](C)Cn2cc(C#N)cn2)C1. The van der Waals surface area contributed by atoms with Crippen LogP contribution in [0.15, 0.2) is 12.4 Å². The number of nitriles is 1. The lowest BCUT2D eigenvalue weighted by atomic mass is 9.44. The molecule has 0 bridgehead atoms. The molecule has 1 heterocycles. The van der Waals surface area contributed by atoms with Gasteiger partial charge in [-0.3, -0.25) is 4.68 Å². The molecule has 176 valence electrons. The standard InChI is InChI=1S/C29H45N3/c1-5-6-21-11-13-28(3)23(15-21)7-8-24-26-10-9-25(29(26,4)14-12-27(24)28)20(2)18-32-19-22(16-30)17-31-32/h17,19-21,23-27H,5-15,18H2,1-4H3/t20-,21?,23?,24?,25?,26?,27?,28?,29?/m1/s1. The molecule has 0 radical (unpaired) electrons. The fourth-order valence-corrected chi connectivity index (χ4v) is 9.94. The van der Waals surface area contributed by atoms with Crippen molar-refractivity contribution in [1.82, 2.24) is 9.78 Å². The van der Waals surface area contributed by atoms with E-state index in [0.717, 1.165) is 42.1 Å². The second-order valence-electron chi connectivity index (χ2n) is 12.9. The highest BCUT2D eigenvalue weighted by Gasteiger charge is 2.60. The van der Waals surface area contributed by atoms with E-state index in [0.29, 0.717) is 22.3 Å². The van der Waals surface area contributed by atoms with E-state index in [-0.39, 0.29) is 0 Å². The highest BCUT2D eigenvalue weighted by molar-refractivity contribution is 5.21. The Balaban J connectivity index is 1.30. The van der Waals surface area contributed by atoms with E-state index >= 15 is 0 Å². The average molecular weight is 436 g/mol. The molecule has 1 aromatic heterocycles. The van der Waals surface area contributed by atoms with E-state index in [1.165, 1.54) is 70.6 Å². The minimum absolute atomic E-state index is 0.508. The van der Waals surface area contributed by atoms with Crippen molar-refractivity contribution in [1.29, 1.82) is 5.26 Å². The molecule has 0 amide bonds. The summed E-state index contributed by atoms with van der Waals surface area (Å²) in [4.78, 5) is 0. The highest BCUT2D eigenvalue weighted by atomic mass is 15.3. The number of hydrogen-bond acceptors (Lipinski definition) is 2. The number of hydrogen-bond donors (Lipinski definition) is 0. The van der Waals surface area contributed by atoms with Crippen LogP contribution in [-0.4, -0.2) is 9.78 Å². The van der Waals surface area contributed by atoms with Crippen molar-refractivity contribution in [2.24, 2.45) is 52.3 Å². The topological polar surface area (TPSA) is 41.6 Å². The molecular weight excluding hydrogens is 390 g/mol. The summed E-state index contributed by atoms with van der Waals surface area (Å²) >= 11 is 0. The summed E-state index contributed by atoms with van der Waals surface area (Å²) in [5.74, 6) is 6.35. The van der Waals surface area contributed by atoms with Crippen LogP contribution in [0.3, 0.4) is 0 Å². The Morgan fingerprint density at radius 3 is 2.62 bits per heavy atom. The zero-order valence-corrected chi connectivity index (χ0v) is 21.0. The molecule has 0 aliphatic heterocycles. The number of rotatable bonds is 5. The van der Waals surface area contributed by atoms with Crippen LogP contribution in [0, 0.1) is 63.6 Å². The van der Waals surface area contributed by atoms with Gasteiger partial charge in [0.05, 0.1) is 11.8 Å². The fourth-order valence-electron chi connectivity index (χ4n) is 9.94. The molecule has 8 unspecified atom stereocenters. The van der Waals surface area contributed by atoms with Crippen molar-refractivity contribution in [3.63, 3.8) is 0 Å². The van der Waals surface area contributed by atoms with Gasteiger partial charge in [0.15, 0.2) is 0 Å². The number of nitrogens with zero attached hydrogens (tertiary/aromatic N) is 3. The van der Waals surface area contributed by atoms with E-state index < -0.39 is 0 Å².